The molecule has 0 saturated heterocycles. The van der Waals surface area contributed by atoms with Crippen molar-refractivity contribution in [3.63, 3.8) is 0 Å². The highest BCUT2D eigenvalue weighted by molar-refractivity contribution is 7.47. The zero-order chi connectivity index (χ0) is 69.1. The van der Waals surface area contributed by atoms with E-state index in [9.17, 15) is 43.2 Å². The number of rotatable bonds is 75. The molecule has 0 heterocycles. The molecule has 0 spiro atoms. The van der Waals surface area contributed by atoms with Crippen molar-refractivity contribution < 1.29 is 80.2 Å². The van der Waals surface area contributed by atoms with Crippen LogP contribution in [0.15, 0.2) is 0 Å². The zero-order valence-corrected chi connectivity index (χ0v) is 62.9. The Morgan fingerprint density at radius 3 is 0.723 bits per heavy atom. The fraction of sp³-hybridized carbons (Fsp3) is 0.947. The van der Waals surface area contributed by atoms with Crippen LogP contribution in [-0.2, 0) is 65.4 Å². The minimum Gasteiger partial charge on any atom is -0.462 e. The van der Waals surface area contributed by atoms with Crippen LogP contribution in [0.25, 0.3) is 0 Å². The Labute approximate surface area is 575 Å². The Morgan fingerprint density at radius 1 is 0.287 bits per heavy atom. The van der Waals surface area contributed by atoms with Crippen LogP contribution in [0, 0.1) is 5.92 Å². The fourth-order valence-electron chi connectivity index (χ4n) is 11.5. The summed E-state index contributed by atoms with van der Waals surface area (Å²) in [6.45, 7) is 7.29. The van der Waals surface area contributed by atoms with Gasteiger partial charge in [0.2, 0.25) is 0 Å². The summed E-state index contributed by atoms with van der Waals surface area (Å²) in [5.41, 5.74) is 0. The number of ether oxygens (including phenoxy) is 4. The molecule has 0 saturated carbocycles. The highest BCUT2D eigenvalue weighted by atomic mass is 31.2. The lowest BCUT2D eigenvalue weighted by molar-refractivity contribution is -0.161. The van der Waals surface area contributed by atoms with Crippen LogP contribution in [-0.4, -0.2) is 96.7 Å². The molecular weight excluding hydrogens is 1230 g/mol. The summed E-state index contributed by atoms with van der Waals surface area (Å²) in [5, 5.41) is 10.6. The summed E-state index contributed by atoms with van der Waals surface area (Å²) in [6.07, 6.45) is 56.8. The van der Waals surface area contributed by atoms with E-state index in [1.807, 2.05) is 0 Å². The molecule has 0 amide bonds. The summed E-state index contributed by atoms with van der Waals surface area (Å²) in [4.78, 5) is 72.7. The van der Waals surface area contributed by atoms with Crippen LogP contribution in [0.5, 0.6) is 0 Å². The smallest absolute Gasteiger partial charge is 0.462 e. The third-order valence-corrected chi connectivity index (χ3v) is 19.4. The van der Waals surface area contributed by atoms with Gasteiger partial charge in [0, 0.05) is 25.7 Å². The SMILES string of the molecule is CCCCCCCCCCCCCCCCCCCCC(=O)O[C@H](COC(=O)CCCCCCCCCCCCCCC(C)C)COP(=O)(O)OC[C@@H](O)COP(=O)(O)OC[C@@H](COC(=O)CCCCCCCCCCC)OC(=O)CCCCCCCCCCCCCC. The fourth-order valence-corrected chi connectivity index (χ4v) is 13.1. The van der Waals surface area contributed by atoms with E-state index in [1.54, 1.807) is 0 Å². The molecule has 558 valence electrons. The van der Waals surface area contributed by atoms with Gasteiger partial charge in [0.1, 0.15) is 19.3 Å². The summed E-state index contributed by atoms with van der Waals surface area (Å²) < 4.78 is 68.5. The first kappa shape index (κ1) is 92.1. The molecule has 94 heavy (non-hydrogen) atoms. The van der Waals surface area contributed by atoms with Gasteiger partial charge in [-0.3, -0.25) is 37.3 Å². The van der Waals surface area contributed by atoms with Gasteiger partial charge in [-0.15, -0.1) is 0 Å². The largest absolute Gasteiger partial charge is 0.472 e. The van der Waals surface area contributed by atoms with Gasteiger partial charge < -0.3 is 33.8 Å². The Kier molecular flexibility index (Phi) is 66.8. The molecule has 0 fully saturated rings. The Morgan fingerprint density at radius 2 is 0.489 bits per heavy atom. The quantitative estimate of drug-likeness (QED) is 0.0222. The lowest BCUT2D eigenvalue weighted by atomic mass is 10.0. The molecule has 0 aliphatic carbocycles. The van der Waals surface area contributed by atoms with E-state index >= 15 is 0 Å². The minimum atomic E-state index is -4.96. The van der Waals surface area contributed by atoms with E-state index in [0.29, 0.717) is 25.7 Å². The molecule has 0 aromatic rings. The Hall–Kier alpha value is -1.94. The number of phosphoric ester groups is 2. The van der Waals surface area contributed by atoms with Crippen LogP contribution >= 0.6 is 15.6 Å². The molecule has 19 heteroatoms. The normalized spacial score (nSPS) is 14.0. The van der Waals surface area contributed by atoms with Crippen molar-refractivity contribution in [2.45, 2.75) is 412 Å². The third-order valence-electron chi connectivity index (χ3n) is 17.5. The topological polar surface area (TPSA) is 237 Å². The first-order chi connectivity index (χ1) is 45.5. The van der Waals surface area contributed by atoms with E-state index in [-0.39, 0.29) is 25.7 Å². The summed E-state index contributed by atoms with van der Waals surface area (Å²) in [6, 6.07) is 0. The molecule has 0 aromatic heterocycles. The number of esters is 4. The van der Waals surface area contributed by atoms with Crippen molar-refractivity contribution in [3.05, 3.63) is 0 Å². The van der Waals surface area contributed by atoms with Crippen molar-refractivity contribution in [2.75, 3.05) is 39.6 Å². The summed E-state index contributed by atoms with van der Waals surface area (Å²) in [5.74, 6) is -1.33. The molecule has 0 radical (unpaired) electrons. The van der Waals surface area contributed by atoms with E-state index < -0.39 is 97.5 Å². The number of aliphatic hydroxyl groups is 1. The van der Waals surface area contributed by atoms with Gasteiger partial charge in [-0.25, -0.2) is 9.13 Å². The van der Waals surface area contributed by atoms with Crippen molar-refractivity contribution in [2.24, 2.45) is 5.92 Å². The molecule has 0 aromatic carbocycles. The number of phosphoric acid groups is 2. The highest BCUT2D eigenvalue weighted by Gasteiger charge is 2.30. The number of hydrogen-bond acceptors (Lipinski definition) is 15. The average molecular weight is 1380 g/mol. The van der Waals surface area contributed by atoms with E-state index in [1.165, 1.54) is 218 Å². The summed E-state index contributed by atoms with van der Waals surface area (Å²) in [7, 11) is -9.91. The highest BCUT2D eigenvalue weighted by Crippen LogP contribution is 2.45. The predicted octanol–water partition coefficient (Wildman–Crippen LogP) is 22.1. The van der Waals surface area contributed by atoms with Crippen molar-refractivity contribution >= 4 is 39.5 Å². The zero-order valence-electron chi connectivity index (χ0n) is 61.1. The predicted molar refractivity (Wildman–Crippen MR) is 382 cm³/mol. The molecule has 2 unspecified atom stereocenters. The second-order valence-electron chi connectivity index (χ2n) is 27.5. The molecule has 0 bridgehead atoms. The van der Waals surface area contributed by atoms with Crippen LogP contribution in [0.4, 0.5) is 0 Å². The molecule has 5 atom stereocenters. The standard InChI is InChI=1S/C75H146O17P2/c1-6-9-12-15-18-21-23-25-26-27-28-29-30-36-41-46-51-56-61-75(80)92-71(65-86-73(78)59-54-49-44-39-35-32-31-33-38-42-47-52-57-68(4)5)67-90-94(83,84)88-63-69(76)62-87-93(81,82)89-66-70(64-85-72(77)58-53-48-43-37-20-17-14-11-8-3)91-74(79)60-55-50-45-40-34-24-22-19-16-13-10-7-2/h68-71,76H,6-67H2,1-5H3,(H,81,82)(H,83,84)/t69-,70+,71+/m0/s1. The molecular formula is C75H146O17P2. The maximum Gasteiger partial charge on any atom is 0.472 e. The van der Waals surface area contributed by atoms with Crippen LogP contribution < -0.4 is 0 Å². The van der Waals surface area contributed by atoms with Gasteiger partial charge in [0.05, 0.1) is 26.4 Å². The Bertz CT molecular complexity index is 1810. The lowest BCUT2D eigenvalue weighted by Gasteiger charge is -2.21. The van der Waals surface area contributed by atoms with Gasteiger partial charge in [0.25, 0.3) is 0 Å². The molecule has 0 aliphatic rings. The first-order valence-electron chi connectivity index (χ1n) is 39.1. The van der Waals surface area contributed by atoms with Crippen LogP contribution in [0.1, 0.15) is 394 Å². The van der Waals surface area contributed by atoms with Crippen molar-refractivity contribution in [3.8, 4) is 0 Å². The maximum absolute atomic E-state index is 13.1. The second-order valence-corrected chi connectivity index (χ2v) is 30.4. The van der Waals surface area contributed by atoms with Crippen molar-refractivity contribution in [1.82, 2.24) is 0 Å². The summed E-state index contributed by atoms with van der Waals surface area (Å²) >= 11 is 0. The second kappa shape index (κ2) is 68.2. The number of carbonyl (C=O) groups is 4. The lowest BCUT2D eigenvalue weighted by Crippen LogP contribution is -2.30. The molecule has 3 N–H and O–H groups in total. The van der Waals surface area contributed by atoms with Gasteiger partial charge in [-0.1, -0.05) is 343 Å². The molecule has 17 nitrogen and oxygen atoms in total. The van der Waals surface area contributed by atoms with Crippen molar-refractivity contribution in [1.29, 1.82) is 0 Å². The van der Waals surface area contributed by atoms with Gasteiger partial charge in [-0.2, -0.15) is 0 Å². The monoisotopic (exact) mass is 1380 g/mol. The van der Waals surface area contributed by atoms with E-state index in [0.717, 1.165) is 95.8 Å². The number of hydrogen-bond donors (Lipinski definition) is 3. The molecule has 0 rings (SSSR count). The van der Waals surface area contributed by atoms with Gasteiger partial charge >= 0.3 is 39.5 Å². The molecule has 0 aliphatic heterocycles. The minimum absolute atomic E-state index is 0.108. The van der Waals surface area contributed by atoms with Crippen LogP contribution in [0.2, 0.25) is 0 Å². The first-order valence-corrected chi connectivity index (χ1v) is 42.1. The number of aliphatic hydroxyl groups excluding tert-OH is 1. The third kappa shape index (κ3) is 68.6. The van der Waals surface area contributed by atoms with E-state index in [2.05, 4.69) is 34.6 Å². The number of unbranched alkanes of at least 4 members (excludes halogenated alkanes) is 47. The average Bonchev–Trinajstić information content (AvgIpc) is 1.52. The van der Waals surface area contributed by atoms with Gasteiger partial charge in [-0.05, 0) is 31.6 Å². The van der Waals surface area contributed by atoms with Gasteiger partial charge in [0.15, 0.2) is 12.2 Å². The Balaban J connectivity index is 5.22. The van der Waals surface area contributed by atoms with Crippen LogP contribution in [0.3, 0.4) is 0 Å². The number of carbonyl (C=O) groups excluding carboxylic acids is 4. The maximum atomic E-state index is 13.1. The van der Waals surface area contributed by atoms with E-state index in [4.69, 9.17) is 37.0 Å².